The molecule has 110 valence electrons. The van der Waals surface area contributed by atoms with Crippen molar-refractivity contribution in [3.63, 3.8) is 0 Å². The first-order chi connectivity index (χ1) is 9.16. The number of nitrogens with zero attached hydrogens (tertiary/aromatic N) is 1. The van der Waals surface area contributed by atoms with Crippen LogP contribution in [0.5, 0.6) is 0 Å². The molecular weight excluding hydrogens is 282 g/mol. The molecule has 0 saturated carbocycles. The number of piperidine rings is 1. The third-order valence-electron chi connectivity index (χ3n) is 3.24. The van der Waals surface area contributed by atoms with Crippen LogP contribution in [-0.2, 0) is 11.3 Å². The predicted molar refractivity (Wildman–Crippen MR) is 77.8 cm³/mol. The van der Waals surface area contributed by atoms with Gasteiger partial charge in [-0.25, -0.2) is 0 Å². The van der Waals surface area contributed by atoms with Crippen LogP contribution in [0.1, 0.15) is 24.8 Å². The summed E-state index contributed by atoms with van der Waals surface area (Å²) in [5.74, 6) is -0.00180. The Hall–Kier alpha value is -1.66. The van der Waals surface area contributed by atoms with E-state index in [1.165, 1.54) is 12.1 Å². The maximum absolute atomic E-state index is 11.9. The van der Waals surface area contributed by atoms with Crippen LogP contribution in [0.15, 0.2) is 24.3 Å². The molecular formula is C13H18ClN3O3. The molecule has 0 aromatic heterocycles. The zero-order valence-electron chi connectivity index (χ0n) is 11.0. The SMILES string of the molecule is Cl.O=C(NCc1ccc([N+](=O)[O-])cc1)[C@@H]1CCCCN1. The van der Waals surface area contributed by atoms with Crippen LogP contribution in [0.2, 0.25) is 0 Å². The maximum Gasteiger partial charge on any atom is 0.269 e. The number of hydrogen-bond acceptors (Lipinski definition) is 4. The van der Waals surface area contributed by atoms with E-state index < -0.39 is 4.92 Å². The van der Waals surface area contributed by atoms with Gasteiger partial charge in [0.1, 0.15) is 0 Å². The molecule has 1 aromatic rings. The molecule has 0 radical (unpaired) electrons. The van der Waals surface area contributed by atoms with Crippen molar-refractivity contribution in [3.8, 4) is 0 Å². The average Bonchev–Trinajstić information content (AvgIpc) is 2.46. The molecule has 0 spiro atoms. The Bertz CT molecular complexity index is 458. The lowest BCUT2D eigenvalue weighted by molar-refractivity contribution is -0.384. The summed E-state index contributed by atoms with van der Waals surface area (Å²) in [6, 6.07) is 6.10. The number of nitro benzene ring substituents is 1. The minimum absolute atomic E-state index is 0. The number of benzene rings is 1. The van der Waals surface area contributed by atoms with Gasteiger partial charge in [-0.15, -0.1) is 12.4 Å². The van der Waals surface area contributed by atoms with Crippen molar-refractivity contribution in [1.82, 2.24) is 10.6 Å². The van der Waals surface area contributed by atoms with E-state index in [0.717, 1.165) is 31.4 Å². The minimum Gasteiger partial charge on any atom is -0.351 e. The van der Waals surface area contributed by atoms with E-state index in [0.29, 0.717) is 6.54 Å². The van der Waals surface area contributed by atoms with Crippen molar-refractivity contribution >= 4 is 24.0 Å². The normalized spacial score (nSPS) is 17.9. The van der Waals surface area contributed by atoms with Crippen LogP contribution in [-0.4, -0.2) is 23.4 Å². The Kier molecular flexibility index (Phi) is 6.41. The number of nitrogens with one attached hydrogen (secondary N) is 2. The number of non-ortho nitro benzene ring substituents is 1. The lowest BCUT2D eigenvalue weighted by Crippen LogP contribution is -2.46. The Morgan fingerprint density at radius 3 is 2.60 bits per heavy atom. The third-order valence-corrected chi connectivity index (χ3v) is 3.24. The molecule has 1 heterocycles. The second kappa shape index (κ2) is 7.81. The molecule has 1 aliphatic heterocycles. The molecule has 0 unspecified atom stereocenters. The lowest BCUT2D eigenvalue weighted by Gasteiger charge is -2.22. The zero-order valence-corrected chi connectivity index (χ0v) is 11.8. The first-order valence-electron chi connectivity index (χ1n) is 6.41. The van der Waals surface area contributed by atoms with Crippen LogP contribution >= 0.6 is 12.4 Å². The topological polar surface area (TPSA) is 84.3 Å². The van der Waals surface area contributed by atoms with Gasteiger partial charge in [0.05, 0.1) is 11.0 Å². The van der Waals surface area contributed by atoms with Crippen molar-refractivity contribution in [3.05, 3.63) is 39.9 Å². The number of carbonyl (C=O) groups excluding carboxylic acids is 1. The van der Waals surface area contributed by atoms with Gasteiger partial charge in [-0.3, -0.25) is 14.9 Å². The molecule has 1 atom stereocenters. The van der Waals surface area contributed by atoms with Crippen LogP contribution in [0.3, 0.4) is 0 Å². The molecule has 1 aliphatic rings. The Balaban J connectivity index is 0.00000200. The van der Waals surface area contributed by atoms with Crippen LogP contribution in [0, 0.1) is 10.1 Å². The summed E-state index contributed by atoms with van der Waals surface area (Å²) in [6.07, 6.45) is 3.06. The summed E-state index contributed by atoms with van der Waals surface area (Å²) in [5.41, 5.74) is 0.916. The Labute approximate surface area is 123 Å². The van der Waals surface area contributed by atoms with E-state index in [-0.39, 0.29) is 30.0 Å². The van der Waals surface area contributed by atoms with Crippen molar-refractivity contribution in [2.45, 2.75) is 31.8 Å². The summed E-state index contributed by atoms with van der Waals surface area (Å²) in [4.78, 5) is 21.9. The number of halogens is 1. The molecule has 2 N–H and O–H groups in total. The van der Waals surface area contributed by atoms with Gasteiger partial charge < -0.3 is 10.6 Å². The van der Waals surface area contributed by atoms with E-state index in [1.54, 1.807) is 12.1 Å². The smallest absolute Gasteiger partial charge is 0.269 e. The van der Waals surface area contributed by atoms with Gasteiger partial charge in [0.25, 0.3) is 5.69 Å². The molecule has 1 saturated heterocycles. The van der Waals surface area contributed by atoms with Gasteiger partial charge in [-0.1, -0.05) is 18.6 Å². The standard InChI is InChI=1S/C13H17N3O3.ClH/c17-13(12-3-1-2-8-14-12)15-9-10-4-6-11(7-5-10)16(18)19;/h4-7,12,14H,1-3,8-9H2,(H,15,17);1H/t12-;/m0./s1. The van der Waals surface area contributed by atoms with Gasteiger partial charge in [-0.05, 0) is 24.9 Å². The third kappa shape index (κ3) is 4.47. The van der Waals surface area contributed by atoms with Crippen molar-refractivity contribution < 1.29 is 9.72 Å². The van der Waals surface area contributed by atoms with E-state index in [1.807, 2.05) is 0 Å². The van der Waals surface area contributed by atoms with Crippen LogP contribution in [0.25, 0.3) is 0 Å². The molecule has 6 nitrogen and oxygen atoms in total. The lowest BCUT2D eigenvalue weighted by atomic mass is 10.0. The largest absolute Gasteiger partial charge is 0.351 e. The Morgan fingerprint density at radius 2 is 2.05 bits per heavy atom. The fraction of sp³-hybridized carbons (Fsp3) is 0.462. The molecule has 1 aromatic carbocycles. The highest BCUT2D eigenvalue weighted by atomic mass is 35.5. The first kappa shape index (κ1) is 16.4. The minimum atomic E-state index is -0.436. The number of nitro groups is 1. The fourth-order valence-electron chi connectivity index (χ4n) is 2.12. The Morgan fingerprint density at radius 1 is 1.35 bits per heavy atom. The van der Waals surface area contributed by atoms with Crippen molar-refractivity contribution in [2.24, 2.45) is 0 Å². The number of amides is 1. The van der Waals surface area contributed by atoms with E-state index in [9.17, 15) is 14.9 Å². The van der Waals surface area contributed by atoms with Gasteiger partial charge in [-0.2, -0.15) is 0 Å². The first-order valence-corrected chi connectivity index (χ1v) is 6.41. The van der Waals surface area contributed by atoms with E-state index in [4.69, 9.17) is 0 Å². The van der Waals surface area contributed by atoms with Gasteiger partial charge in [0, 0.05) is 18.7 Å². The quantitative estimate of drug-likeness (QED) is 0.655. The number of carbonyl (C=O) groups is 1. The summed E-state index contributed by atoms with van der Waals surface area (Å²) < 4.78 is 0. The highest BCUT2D eigenvalue weighted by Gasteiger charge is 2.19. The van der Waals surface area contributed by atoms with Crippen molar-refractivity contribution in [2.75, 3.05) is 6.54 Å². The van der Waals surface area contributed by atoms with Crippen LogP contribution < -0.4 is 10.6 Å². The van der Waals surface area contributed by atoms with Crippen molar-refractivity contribution in [1.29, 1.82) is 0 Å². The summed E-state index contributed by atoms with van der Waals surface area (Å²) in [7, 11) is 0. The monoisotopic (exact) mass is 299 g/mol. The maximum atomic E-state index is 11.9. The highest BCUT2D eigenvalue weighted by molar-refractivity contribution is 5.85. The van der Waals surface area contributed by atoms with Gasteiger partial charge in [0.2, 0.25) is 5.91 Å². The second-order valence-corrected chi connectivity index (χ2v) is 4.64. The zero-order chi connectivity index (χ0) is 13.7. The highest BCUT2D eigenvalue weighted by Crippen LogP contribution is 2.12. The number of rotatable bonds is 4. The molecule has 2 rings (SSSR count). The fourth-order valence-corrected chi connectivity index (χ4v) is 2.12. The van der Waals surface area contributed by atoms with Crippen LogP contribution in [0.4, 0.5) is 5.69 Å². The molecule has 20 heavy (non-hydrogen) atoms. The van der Waals surface area contributed by atoms with E-state index >= 15 is 0 Å². The summed E-state index contributed by atoms with van der Waals surface area (Å²) in [5, 5.41) is 16.5. The molecule has 7 heteroatoms. The van der Waals surface area contributed by atoms with Gasteiger partial charge >= 0.3 is 0 Å². The van der Waals surface area contributed by atoms with E-state index in [2.05, 4.69) is 10.6 Å². The summed E-state index contributed by atoms with van der Waals surface area (Å²) in [6.45, 7) is 1.28. The second-order valence-electron chi connectivity index (χ2n) is 4.64. The molecule has 1 fully saturated rings. The number of hydrogen-bond donors (Lipinski definition) is 2. The molecule has 0 bridgehead atoms. The molecule has 1 amide bonds. The predicted octanol–water partition coefficient (Wildman–Crippen LogP) is 1.77. The molecule has 0 aliphatic carbocycles. The average molecular weight is 300 g/mol. The van der Waals surface area contributed by atoms with Gasteiger partial charge in [0.15, 0.2) is 0 Å². The summed E-state index contributed by atoms with van der Waals surface area (Å²) >= 11 is 0.